The zero-order valence-electron chi connectivity index (χ0n) is 25.0. The Morgan fingerprint density at radius 3 is 1.33 bits per heavy atom. The van der Waals surface area contributed by atoms with Crippen molar-refractivity contribution in [1.82, 2.24) is 0 Å². The molecule has 5 heteroatoms. The van der Waals surface area contributed by atoms with E-state index in [1.807, 2.05) is 48.5 Å². The number of nitrogens with one attached hydrogen (secondary N) is 1. The van der Waals surface area contributed by atoms with Crippen molar-refractivity contribution in [3.05, 3.63) is 107 Å². The van der Waals surface area contributed by atoms with Crippen LogP contribution in [-0.2, 0) is 14.9 Å². The molecule has 0 amide bonds. The molecule has 0 spiro atoms. The molecule has 1 aliphatic heterocycles. The van der Waals surface area contributed by atoms with Crippen LogP contribution in [0.4, 0.5) is 11.4 Å². The Kier molecular flexibility index (Phi) is 8.77. The van der Waals surface area contributed by atoms with Crippen LogP contribution >= 0.6 is 0 Å². The highest BCUT2D eigenvalue weighted by molar-refractivity contribution is 5.91. The van der Waals surface area contributed by atoms with E-state index in [9.17, 15) is 9.59 Å². The van der Waals surface area contributed by atoms with E-state index in [4.69, 9.17) is 9.47 Å². The maximum atomic E-state index is 12.0. The van der Waals surface area contributed by atoms with Crippen LogP contribution in [0.15, 0.2) is 84.9 Å². The van der Waals surface area contributed by atoms with Crippen molar-refractivity contribution < 1.29 is 19.1 Å². The quantitative estimate of drug-likeness (QED) is 0.195. The SMILES string of the molecule is CCCCC1(CCCC)c2cc(-c3ccc(C(=O)OC)cc3)ccc2Nc2ccc(-c3ccc(C(=O)OC)cc3)cc21. The molecule has 0 saturated heterocycles. The number of hydrogen-bond donors (Lipinski definition) is 1. The maximum Gasteiger partial charge on any atom is 0.337 e. The number of hydrogen-bond acceptors (Lipinski definition) is 5. The van der Waals surface area contributed by atoms with Gasteiger partial charge in [0.25, 0.3) is 0 Å². The Morgan fingerprint density at radius 1 is 0.595 bits per heavy atom. The average Bonchev–Trinajstić information content (AvgIpc) is 3.05. The van der Waals surface area contributed by atoms with Gasteiger partial charge in [-0.25, -0.2) is 9.59 Å². The molecule has 0 saturated carbocycles. The molecule has 4 aromatic carbocycles. The van der Waals surface area contributed by atoms with Crippen LogP contribution in [0.3, 0.4) is 0 Å². The van der Waals surface area contributed by atoms with Gasteiger partial charge in [-0.3, -0.25) is 0 Å². The molecular weight excluding hydrogens is 522 g/mol. The molecule has 0 fully saturated rings. The van der Waals surface area contributed by atoms with E-state index < -0.39 is 0 Å². The minimum Gasteiger partial charge on any atom is -0.465 e. The fourth-order valence-electron chi connectivity index (χ4n) is 6.20. The van der Waals surface area contributed by atoms with Gasteiger partial charge in [0.2, 0.25) is 0 Å². The molecule has 0 bridgehead atoms. The number of carbonyl (C=O) groups is 2. The van der Waals surface area contributed by atoms with E-state index >= 15 is 0 Å². The van der Waals surface area contributed by atoms with Crippen LogP contribution in [0.25, 0.3) is 22.3 Å². The summed E-state index contributed by atoms with van der Waals surface area (Å²) < 4.78 is 9.77. The molecule has 42 heavy (non-hydrogen) atoms. The highest BCUT2D eigenvalue weighted by Crippen LogP contribution is 2.53. The van der Waals surface area contributed by atoms with Gasteiger partial charge in [-0.15, -0.1) is 0 Å². The van der Waals surface area contributed by atoms with Crippen LogP contribution in [0.1, 0.15) is 84.2 Å². The van der Waals surface area contributed by atoms with Crippen LogP contribution in [0.5, 0.6) is 0 Å². The van der Waals surface area contributed by atoms with Gasteiger partial charge in [0.1, 0.15) is 0 Å². The topological polar surface area (TPSA) is 64.6 Å². The third-order valence-electron chi connectivity index (χ3n) is 8.53. The summed E-state index contributed by atoms with van der Waals surface area (Å²) in [6, 6.07) is 28.7. The molecule has 1 aliphatic rings. The summed E-state index contributed by atoms with van der Waals surface area (Å²) >= 11 is 0. The molecular formula is C37H39NO4. The van der Waals surface area contributed by atoms with Crippen molar-refractivity contribution in [3.63, 3.8) is 0 Å². The standard InChI is InChI=1S/C37H39NO4/c1-5-7-21-37(22-8-6-2)31-23-29(25-9-13-27(14-10-25)35(39)41-3)17-19-33(31)38-34-20-18-30(24-32(34)37)26-11-15-28(16-12-26)36(40)42-4/h9-20,23-24,38H,5-8,21-22H2,1-4H3. The number of fused-ring (bicyclic) bond motifs is 2. The van der Waals surface area contributed by atoms with E-state index in [-0.39, 0.29) is 17.4 Å². The highest BCUT2D eigenvalue weighted by atomic mass is 16.5. The Balaban J connectivity index is 1.63. The molecule has 1 heterocycles. The second-order valence-electron chi connectivity index (χ2n) is 11.1. The first-order valence-electron chi connectivity index (χ1n) is 14.9. The minimum absolute atomic E-state index is 0.147. The molecule has 0 aromatic heterocycles. The number of unbranched alkanes of at least 4 members (excludes halogenated alkanes) is 2. The Morgan fingerprint density at radius 2 is 0.976 bits per heavy atom. The number of esters is 2. The van der Waals surface area contributed by atoms with Gasteiger partial charge in [-0.05, 0) is 94.8 Å². The molecule has 0 radical (unpaired) electrons. The summed E-state index contributed by atoms with van der Waals surface area (Å²) in [5.41, 5.74) is 10.3. The lowest BCUT2D eigenvalue weighted by Crippen LogP contribution is -2.33. The minimum atomic E-state index is -0.332. The van der Waals surface area contributed by atoms with Gasteiger partial charge in [0.15, 0.2) is 0 Å². The lowest BCUT2D eigenvalue weighted by molar-refractivity contribution is 0.0592. The van der Waals surface area contributed by atoms with Crippen LogP contribution < -0.4 is 5.32 Å². The van der Waals surface area contributed by atoms with Crippen molar-refractivity contribution in [1.29, 1.82) is 0 Å². The van der Waals surface area contributed by atoms with E-state index in [1.165, 1.54) is 25.3 Å². The number of anilines is 2. The molecule has 0 aliphatic carbocycles. The number of methoxy groups -OCH3 is 2. The lowest BCUT2D eigenvalue weighted by atomic mass is 9.64. The van der Waals surface area contributed by atoms with Crippen molar-refractivity contribution >= 4 is 23.3 Å². The number of benzene rings is 4. The molecule has 1 N–H and O–H groups in total. The smallest absolute Gasteiger partial charge is 0.337 e. The van der Waals surface area contributed by atoms with Crippen molar-refractivity contribution in [2.24, 2.45) is 0 Å². The van der Waals surface area contributed by atoms with Crippen molar-refractivity contribution in [3.8, 4) is 22.3 Å². The van der Waals surface area contributed by atoms with Gasteiger partial charge in [-0.1, -0.05) is 75.9 Å². The first-order valence-corrected chi connectivity index (χ1v) is 14.9. The van der Waals surface area contributed by atoms with Crippen molar-refractivity contribution in [2.45, 2.75) is 57.8 Å². The fraction of sp³-hybridized carbons (Fsp3) is 0.297. The summed E-state index contributed by atoms with van der Waals surface area (Å²) in [5, 5.41) is 3.75. The molecule has 0 atom stereocenters. The van der Waals surface area contributed by atoms with E-state index in [2.05, 4.69) is 55.6 Å². The van der Waals surface area contributed by atoms with E-state index in [0.29, 0.717) is 11.1 Å². The van der Waals surface area contributed by atoms with Crippen LogP contribution in [-0.4, -0.2) is 26.2 Å². The zero-order valence-corrected chi connectivity index (χ0v) is 25.0. The number of rotatable bonds is 10. The highest BCUT2D eigenvalue weighted by Gasteiger charge is 2.40. The molecule has 216 valence electrons. The maximum absolute atomic E-state index is 12.0. The Labute approximate surface area is 248 Å². The third-order valence-corrected chi connectivity index (χ3v) is 8.53. The zero-order chi connectivity index (χ0) is 29.7. The van der Waals surface area contributed by atoms with Gasteiger partial charge >= 0.3 is 11.9 Å². The lowest BCUT2D eigenvalue weighted by Gasteiger charge is -2.42. The average molecular weight is 562 g/mol. The molecule has 5 nitrogen and oxygen atoms in total. The Hall–Kier alpha value is -4.38. The van der Waals surface area contributed by atoms with E-state index in [1.54, 1.807) is 0 Å². The van der Waals surface area contributed by atoms with Crippen LogP contribution in [0.2, 0.25) is 0 Å². The van der Waals surface area contributed by atoms with Gasteiger partial charge < -0.3 is 14.8 Å². The second-order valence-corrected chi connectivity index (χ2v) is 11.1. The summed E-state index contributed by atoms with van der Waals surface area (Å²) in [6.45, 7) is 4.52. The first-order chi connectivity index (χ1) is 20.4. The Bertz CT molecular complexity index is 1450. The predicted octanol–water partition coefficient (Wildman–Crippen LogP) is 9.32. The largest absolute Gasteiger partial charge is 0.465 e. The van der Waals surface area contributed by atoms with Gasteiger partial charge in [0.05, 0.1) is 25.3 Å². The molecule has 0 unspecified atom stereocenters. The molecule has 4 aromatic rings. The van der Waals surface area contributed by atoms with Gasteiger partial charge in [0, 0.05) is 16.8 Å². The monoisotopic (exact) mass is 561 g/mol. The first kappa shape index (κ1) is 29.1. The summed E-state index contributed by atoms with van der Waals surface area (Å²) in [7, 11) is 2.80. The number of ether oxygens (including phenoxy) is 2. The van der Waals surface area contributed by atoms with Crippen LogP contribution in [0, 0.1) is 0 Å². The second kappa shape index (κ2) is 12.6. The third kappa shape index (κ3) is 5.56. The van der Waals surface area contributed by atoms with E-state index in [0.717, 1.165) is 72.2 Å². The summed E-state index contributed by atoms with van der Waals surface area (Å²) in [5.74, 6) is -0.664. The fourth-order valence-corrected chi connectivity index (χ4v) is 6.20. The molecule has 5 rings (SSSR count). The normalized spacial score (nSPS) is 13.0. The summed E-state index contributed by atoms with van der Waals surface area (Å²) in [6.07, 6.45) is 6.60. The number of carbonyl (C=O) groups excluding carboxylic acids is 2. The van der Waals surface area contributed by atoms with Gasteiger partial charge in [-0.2, -0.15) is 0 Å². The van der Waals surface area contributed by atoms with Crippen molar-refractivity contribution in [2.75, 3.05) is 19.5 Å². The summed E-state index contributed by atoms with van der Waals surface area (Å²) in [4.78, 5) is 24.0. The predicted molar refractivity (Wildman–Crippen MR) is 170 cm³/mol.